The monoisotopic (exact) mass is 392 g/mol. The number of aromatic nitrogens is 1. The van der Waals surface area contributed by atoms with E-state index >= 15 is 0 Å². The van der Waals surface area contributed by atoms with Crippen LogP contribution < -0.4 is 10.7 Å². The van der Waals surface area contributed by atoms with Crippen LogP contribution >= 0.6 is 0 Å². The molecule has 4 rings (SSSR count). The number of hydrogen-bond donors (Lipinski definition) is 1. The first kappa shape index (κ1) is 19.6. The second-order valence-corrected chi connectivity index (χ2v) is 7.80. The van der Waals surface area contributed by atoms with Crippen LogP contribution in [0.25, 0.3) is 21.8 Å². The number of carbonyl (C=O) groups is 1. The number of nitrogens with zero attached hydrogens (tertiary/aromatic N) is 3. The maximum atomic E-state index is 12.8. The number of carbonyl (C=O) groups excluding carboxylic acids is 1. The lowest BCUT2D eigenvalue weighted by molar-refractivity contribution is -0.121. The first-order valence-corrected chi connectivity index (χ1v) is 10.3. The molecule has 0 atom stereocenters. The zero-order valence-electron chi connectivity index (χ0n) is 16.9. The number of para-hydroxylation sites is 2. The van der Waals surface area contributed by atoms with E-state index in [9.17, 15) is 9.59 Å². The number of nitrogens with one attached hydrogen (secondary N) is 1. The maximum Gasteiger partial charge on any atom is 0.239 e. The lowest BCUT2D eigenvalue weighted by Gasteiger charge is -2.32. The van der Waals surface area contributed by atoms with Crippen LogP contribution in [0.1, 0.15) is 6.42 Å². The largest absolute Gasteiger partial charge is 0.355 e. The number of pyridine rings is 1. The zero-order chi connectivity index (χ0) is 20.2. The average Bonchev–Trinajstić information content (AvgIpc) is 2.75. The molecule has 0 aliphatic carbocycles. The molecule has 1 aliphatic rings. The van der Waals surface area contributed by atoms with Gasteiger partial charge in [0.2, 0.25) is 5.91 Å². The molecule has 0 bridgehead atoms. The van der Waals surface area contributed by atoms with Crippen LogP contribution in [-0.2, 0) is 11.3 Å². The molecule has 0 saturated carbocycles. The molecule has 2 heterocycles. The Hall–Kier alpha value is -2.70. The molecule has 0 radical (unpaired) electrons. The zero-order valence-corrected chi connectivity index (χ0v) is 16.9. The topological polar surface area (TPSA) is 57.6 Å². The van der Waals surface area contributed by atoms with Gasteiger partial charge in [-0.25, -0.2) is 0 Å². The number of fused-ring (bicyclic) bond motifs is 2. The minimum absolute atomic E-state index is 0.0139. The predicted octanol–water partition coefficient (Wildman–Crippen LogP) is 1.91. The van der Waals surface area contributed by atoms with Crippen molar-refractivity contribution in [3.05, 3.63) is 58.8 Å². The molecule has 29 heavy (non-hydrogen) atoms. The Balaban J connectivity index is 1.44. The molecule has 152 valence electrons. The molecule has 1 saturated heterocycles. The number of benzene rings is 2. The Morgan fingerprint density at radius 3 is 2.14 bits per heavy atom. The summed E-state index contributed by atoms with van der Waals surface area (Å²) in [5.74, 6) is -0.0256. The normalized spacial score (nSPS) is 15.8. The van der Waals surface area contributed by atoms with E-state index in [-0.39, 0.29) is 17.9 Å². The Bertz CT molecular complexity index is 1010. The highest BCUT2D eigenvalue weighted by Gasteiger charge is 2.14. The van der Waals surface area contributed by atoms with Crippen LogP contribution in [-0.4, -0.2) is 66.6 Å². The first-order chi connectivity index (χ1) is 14.1. The van der Waals surface area contributed by atoms with Gasteiger partial charge in [-0.3, -0.25) is 9.59 Å². The van der Waals surface area contributed by atoms with Crippen LogP contribution in [0.4, 0.5) is 0 Å². The van der Waals surface area contributed by atoms with E-state index in [0.29, 0.717) is 17.3 Å². The SMILES string of the molecule is CN1CCN(CCCNC(=O)Cn2c3ccccc3c(=O)c3ccccc32)CC1. The summed E-state index contributed by atoms with van der Waals surface area (Å²) in [4.78, 5) is 30.2. The molecule has 1 aliphatic heterocycles. The third kappa shape index (κ3) is 4.33. The standard InChI is InChI=1S/C23H28N4O2/c1-25-13-15-26(16-14-25)12-6-11-24-22(28)17-27-20-9-4-2-7-18(20)23(29)19-8-3-5-10-21(19)27/h2-5,7-10H,6,11-17H2,1H3,(H,24,28). The number of likely N-dealkylation sites (N-methyl/N-ethyl adjacent to an activating group) is 1. The molecule has 6 heteroatoms. The quantitative estimate of drug-likeness (QED) is 0.514. The van der Waals surface area contributed by atoms with Crippen LogP contribution in [0.5, 0.6) is 0 Å². The fourth-order valence-corrected chi connectivity index (χ4v) is 4.05. The highest BCUT2D eigenvalue weighted by atomic mass is 16.2. The molecule has 1 N–H and O–H groups in total. The van der Waals surface area contributed by atoms with Gasteiger partial charge in [-0.2, -0.15) is 0 Å². The maximum absolute atomic E-state index is 12.8. The highest BCUT2D eigenvalue weighted by molar-refractivity contribution is 5.94. The molecule has 2 aromatic carbocycles. The lowest BCUT2D eigenvalue weighted by Crippen LogP contribution is -2.45. The molecule has 3 aromatic rings. The van der Waals surface area contributed by atoms with E-state index in [0.717, 1.165) is 50.2 Å². The van der Waals surface area contributed by atoms with Crippen molar-refractivity contribution in [2.45, 2.75) is 13.0 Å². The summed E-state index contributed by atoms with van der Waals surface area (Å²) >= 11 is 0. The number of piperazine rings is 1. The molecule has 6 nitrogen and oxygen atoms in total. The highest BCUT2D eigenvalue weighted by Crippen LogP contribution is 2.18. The minimum atomic E-state index is -0.0256. The van der Waals surface area contributed by atoms with Crippen LogP contribution in [0, 0.1) is 0 Å². The second kappa shape index (κ2) is 8.76. The molecular formula is C23H28N4O2. The van der Waals surface area contributed by atoms with Crippen molar-refractivity contribution in [1.82, 2.24) is 19.7 Å². The van der Waals surface area contributed by atoms with Crippen LogP contribution in [0.15, 0.2) is 53.3 Å². The number of amides is 1. The third-order valence-corrected chi connectivity index (χ3v) is 5.75. The van der Waals surface area contributed by atoms with Gasteiger partial charge in [-0.15, -0.1) is 0 Å². The summed E-state index contributed by atoms with van der Waals surface area (Å²) in [6, 6.07) is 15.0. The van der Waals surface area contributed by atoms with Crippen LogP contribution in [0.3, 0.4) is 0 Å². The number of hydrogen-bond acceptors (Lipinski definition) is 4. The van der Waals surface area contributed by atoms with Crippen molar-refractivity contribution in [2.24, 2.45) is 0 Å². The van der Waals surface area contributed by atoms with Crippen molar-refractivity contribution < 1.29 is 4.79 Å². The molecular weight excluding hydrogens is 364 g/mol. The number of rotatable bonds is 6. The van der Waals surface area contributed by atoms with Gasteiger partial charge in [0.25, 0.3) is 0 Å². The Morgan fingerprint density at radius 2 is 1.52 bits per heavy atom. The molecule has 1 fully saturated rings. The summed E-state index contributed by atoms with van der Waals surface area (Å²) < 4.78 is 1.95. The summed E-state index contributed by atoms with van der Waals surface area (Å²) in [5.41, 5.74) is 1.60. The van der Waals surface area contributed by atoms with Crippen molar-refractivity contribution in [1.29, 1.82) is 0 Å². The van der Waals surface area contributed by atoms with E-state index in [1.165, 1.54) is 0 Å². The van der Waals surface area contributed by atoms with Gasteiger partial charge in [-0.1, -0.05) is 24.3 Å². The first-order valence-electron chi connectivity index (χ1n) is 10.3. The Kier molecular flexibility index (Phi) is 5.92. The fourth-order valence-electron chi connectivity index (χ4n) is 4.05. The van der Waals surface area contributed by atoms with Crippen molar-refractivity contribution in [3.8, 4) is 0 Å². The summed E-state index contributed by atoms with van der Waals surface area (Å²) in [6.07, 6.45) is 0.946. The molecule has 1 aromatic heterocycles. The average molecular weight is 393 g/mol. The van der Waals surface area contributed by atoms with Gasteiger partial charge in [0, 0.05) is 43.5 Å². The smallest absolute Gasteiger partial charge is 0.239 e. The minimum Gasteiger partial charge on any atom is -0.355 e. The van der Waals surface area contributed by atoms with Crippen LogP contribution in [0.2, 0.25) is 0 Å². The van der Waals surface area contributed by atoms with Gasteiger partial charge < -0.3 is 19.7 Å². The van der Waals surface area contributed by atoms with E-state index in [1.807, 2.05) is 53.1 Å². The Labute approximate surface area is 170 Å². The summed E-state index contributed by atoms with van der Waals surface area (Å²) in [5, 5.41) is 4.34. The van der Waals surface area contributed by atoms with E-state index < -0.39 is 0 Å². The van der Waals surface area contributed by atoms with Gasteiger partial charge in [0.1, 0.15) is 6.54 Å². The Morgan fingerprint density at radius 1 is 0.931 bits per heavy atom. The summed E-state index contributed by atoms with van der Waals surface area (Å²) in [7, 11) is 2.15. The molecule has 0 spiro atoms. The van der Waals surface area contributed by atoms with Crippen molar-refractivity contribution in [2.75, 3.05) is 46.3 Å². The van der Waals surface area contributed by atoms with Crippen molar-refractivity contribution >= 4 is 27.7 Å². The van der Waals surface area contributed by atoms with Gasteiger partial charge in [0.05, 0.1) is 11.0 Å². The second-order valence-electron chi connectivity index (χ2n) is 7.80. The van der Waals surface area contributed by atoms with Gasteiger partial charge >= 0.3 is 0 Å². The van der Waals surface area contributed by atoms with E-state index in [4.69, 9.17) is 0 Å². The van der Waals surface area contributed by atoms with E-state index in [2.05, 4.69) is 22.2 Å². The van der Waals surface area contributed by atoms with Gasteiger partial charge in [-0.05, 0) is 44.3 Å². The molecule has 1 amide bonds. The predicted molar refractivity (Wildman–Crippen MR) is 117 cm³/mol. The molecule has 0 unspecified atom stereocenters. The van der Waals surface area contributed by atoms with E-state index in [1.54, 1.807) is 0 Å². The fraction of sp³-hybridized carbons (Fsp3) is 0.391. The lowest BCUT2D eigenvalue weighted by atomic mass is 10.1. The van der Waals surface area contributed by atoms with Crippen molar-refractivity contribution in [3.63, 3.8) is 0 Å². The third-order valence-electron chi connectivity index (χ3n) is 5.75. The summed E-state index contributed by atoms with van der Waals surface area (Å²) in [6.45, 7) is 6.30. The van der Waals surface area contributed by atoms with Gasteiger partial charge in [0.15, 0.2) is 5.43 Å².